The Morgan fingerprint density at radius 3 is 2.30 bits per heavy atom. The molecule has 1 aromatic rings. The van der Waals surface area contributed by atoms with Gasteiger partial charge in [-0.15, -0.1) is 0 Å². The molecule has 0 unspecified atom stereocenters. The van der Waals surface area contributed by atoms with Gasteiger partial charge in [-0.3, -0.25) is 4.90 Å². The van der Waals surface area contributed by atoms with Crippen molar-refractivity contribution in [2.75, 3.05) is 33.7 Å². The molecule has 2 aliphatic carbocycles. The summed E-state index contributed by atoms with van der Waals surface area (Å²) in [5.74, 6) is 0. The van der Waals surface area contributed by atoms with Crippen LogP contribution >= 0.6 is 0 Å². The first-order valence-electron chi connectivity index (χ1n) is 11.2. The minimum Gasteiger partial charge on any atom is -0.388 e. The molecule has 1 aliphatic heterocycles. The Morgan fingerprint density at radius 1 is 1.10 bits per heavy atom. The number of hydrogen-bond acceptors (Lipinski definition) is 4. The number of carbonyl (C=O) groups is 1. The predicted octanol–water partition coefficient (Wildman–Crippen LogP) is 3.32. The Kier molecular flexibility index (Phi) is 5.54. The lowest BCUT2D eigenvalue weighted by molar-refractivity contribution is -0.0725. The highest BCUT2D eigenvalue weighted by Gasteiger charge is 2.56. The van der Waals surface area contributed by atoms with Gasteiger partial charge in [-0.25, -0.2) is 4.79 Å². The molecule has 1 heterocycles. The van der Waals surface area contributed by atoms with Crippen LogP contribution in [0.25, 0.3) is 0 Å². The molecule has 4 rings (SSSR count). The number of urea groups is 1. The van der Waals surface area contributed by atoms with Crippen LogP contribution in [0.2, 0.25) is 0 Å². The van der Waals surface area contributed by atoms with E-state index in [9.17, 15) is 9.90 Å². The van der Waals surface area contributed by atoms with Crippen LogP contribution in [0, 0.1) is 11.3 Å². The highest BCUT2D eigenvalue weighted by atomic mass is 16.3. The standard InChI is InChI=1S/C24H34N4O2/c1-26(2)24(20-8-4-3-5-9-20)14-12-22(13-15-24)18-27(17-7-16-25)21(29)28(22)19-23(30)10-6-11-23/h3-5,8-9,30H,6-7,10-15,17-19H2,1-2H3/t22-,24-. The highest BCUT2D eigenvalue weighted by Crippen LogP contribution is 2.50. The summed E-state index contributed by atoms with van der Waals surface area (Å²) in [5.41, 5.74) is 0.323. The molecule has 162 valence electrons. The van der Waals surface area contributed by atoms with Crippen molar-refractivity contribution < 1.29 is 9.90 Å². The minimum atomic E-state index is -0.733. The molecule has 0 bridgehead atoms. The first-order chi connectivity index (χ1) is 14.3. The van der Waals surface area contributed by atoms with Crippen LogP contribution in [0.4, 0.5) is 4.79 Å². The van der Waals surface area contributed by atoms with Crippen LogP contribution in [0.5, 0.6) is 0 Å². The Balaban J connectivity index is 1.60. The number of carbonyl (C=O) groups excluding carboxylic acids is 1. The van der Waals surface area contributed by atoms with E-state index in [4.69, 9.17) is 5.26 Å². The molecular weight excluding hydrogens is 376 g/mol. The maximum Gasteiger partial charge on any atom is 0.320 e. The minimum absolute atomic E-state index is 0.00244. The molecule has 1 spiro atoms. The van der Waals surface area contributed by atoms with Gasteiger partial charge in [-0.05, 0) is 64.6 Å². The van der Waals surface area contributed by atoms with Gasteiger partial charge in [-0.1, -0.05) is 30.3 Å². The lowest BCUT2D eigenvalue weighted by Gasteiger charge is -2.52. The highest BCUT2D eigenvalue weighted by molar-refractivity contribution is 5.78. The van der Waals surface area contributed by atoms with Crippen molar-refractivity contribution in [3.63, 3.8) is 0 Å². The summed E-state index contributed by atoms with van der Waals surface area (Å²) in [4.78, 5) is 19.4. The normalized spacial score (nSPS) is 30.6. The third-order valence-electron chi connectivity index (χ3n) is 7.96. The molecule has 0 atom stereocenters. The number of aliphatic hydroxyl groups is 1. The average Bonchev–Trinajstić information content (AvgIpc) is 2.97. The number of amides is 2. The predicted molar refractivity (Wildman–Crippen MR) is 116 cm³/mol. The van der Waals surface area contributed by atoms with Crippen molar-refractivity contribution in [3.8, 4) is 6.07 Å². The molecule has 3 fully saturated rings. The van der Waals surface area contributed by atoms with Gasteiger partial charge in [0.15, 0.2) is 0 Å². The maximum atomic E-state index is 13.3. The van der Waals surface area contributed by atoms with Crippen molar-refractivity contribution in [2.24, 2.45) is 0 Å². The summed E-state index contributed by atoms with van der Waals surface area (Å²) in [7, 11) is 4.30. The number of nitriles is 1. The van der Waals surface area contributed by atoms with Crippen molar-refractivity contribution >= 4 is 6.03 Å². The molecule has 2 saturated carbocycles. The number of rotatable bonds is 6. The van der Waals surface area contributed by atoms with Crippen LogP contribution in [-0.4, -0.2) is 70.7 Å². The van der Waals surface area contributed by atoms with E-state index < -0.39 is 5.60 Å². The second kappa shape index (κ2) is 7.86. The summed E-state index contributed by atoms with van der Waals surface area (Å²) in [6.45, 7) is 1.57. The second-order valence-electron chi connectivity index (χ2n) is 9.79. The molecule has 2 amide bonds. The molecule has 1 N–H and O–H groups in total. The SMILES string of the molecule is CN(C)[C@]1(c2ccccc2)CC[C@@]2(CC1)CN(CCC#N)C(=O)N2CC1(O)CCC1. The van der Waals surface area contributed by atoms with E-state index in [1.807, 2.05) is 9.80 Å². The fourth-order valence-electron chi connectivity index (χ4n) is 5.81. The number of hydrogen-bond donors (Lipinski definition) is 1. The van der Waals surface area contributed by atoms with E-state index in [0.29, 0.717) is 26.1 Å². The third kappa shape index (κ3) is 3.48. The van der Waals surface area contributed by atoms with Gasteiger partial charge in [-0.2, -0.15) is 5.26 Å². The van der Waals surface area contributed by atoms with Gasteiger partial charge in [0.1, 0.15) is 0 Å². The summed E-state index contributed by atoms with van der Waals surface area (Å²) >= 11 is 0. The fraction of sp³-hybridized carbons (Fsp3) is 0.667. The molecular formula is C24H34N4O2. The number of benzene rings is 1. The largest absolute Gasteiger partial charge is 0.388 e. The van der Waals surface area contributed by atoms with Crippen molar-refractivity contribution in [1.82, 2.24) is 14.7 Å². The van der Waals surface area contributed by atoms with Crippen molar-refractivity contribution in [1.29, 1.82) is 5.26 Å². The topological polar surface area (TPSA) is 70.8 Å². The molecule has 6 heteroatoms. The Morgan fingerprint density at radius 2 is 1.77 bits per heavy atom. The molecule has 0 radical (unpaired) electrons. The lowest BCUT2D eigenvalue weighted by atomic mass is 9.67. The molecule has 3 aliphatic rings. The van der Waals surface area contributed by atoms with E-state index in [1.165, 1.54) is 5.56 Å². The third-order valence-corrected chi connectivity index (χ3v) is 7.96. The number of β-amino-alcohol motifs (C(OH)–C–C–N with tert-alkyl or cyclic N) is 1. The van der Waals surface area contributed by atoms with E-state index in [-0.39, 0.29) is 17.1 Å². The second-order valence-corrected chi connectivity index (χ2v) is 9.79. The van der Waals surface area contributed by atoms with Gasteiger partial charge in [0.25, 0.3) is 0 Å². The molecule has 1 aromatic carbocycles. The van der Waals surface area contributed by atoms with Crippen LogP contribution in [-0.2, 0) is 5.54 Å². The molecule has 6 nitrogen and oxygen atoms in total. The first-order valence-corrected chi connectivity index (χ1v) is 11.2. The van der Waals surface area contributed by atoms with Crippen LogP contribution in [0.1, 0.15) is 56.9 Å². The van der Waals surface area contributed by atoms with Crippen LogP contribution < -0.4 is 0 Å². The van der Waals surface area contributed by atoms with Crippen LogP contribution in [0.3, 0.4) is 0 Å². The van der Waals surface area contributed by atoms with Crippen LogP contribution in [0.15, 0.2) is 30.3 Å². The lowest BCUT2D eigenvalue weighted by Crippen LogP contribution is -2.59. The van der Waals surface area contributed by atoms with E-state index in [0.717, 1.165) is 44.9 Å². The maximum absolute atomic E-state index is 13.3. The first kappa shape index (κ1) is 21.1. The zero-order chi connectivity index (χ0) is 21.4. The monoisotopic (exact) mass is 410 g/mol. The molecule has 1 saturated heterocycles. The average molecular weight is 411 g/mol. The Hall–Kier alpha value is -2.10. The van der Waals surface area contributed by atoms with E-state index in [2.05, 4.69) is 55.4 Å². The van der Waals surface area contributed by atoms with Gasteiger partial charge >= 0.3 is 6.03 Å². The fourth-order valence-corrected chi connectivity index (χ4v) is 5.81. The van der Waals surface area contributed by atoms with E-state index >= 15 is 0 Å². The summed E-state index contributed by atoms with van der Waals surface area (Å²) in [6, 6.07) is 12.9. The zero-order valence-corrected chi connectivity index (χ0v) is 18.3. The summed E-state index contributed by atoms with van der Waals surface area (Å²) in [6.07, 6.45) is 6.69. The smallest absolute Gasteiger partial charge is 0.320 e. The Bertz CT molecular complexity index is 804. The van der Waals surface area contributed by atoms with Gasteiger partial charge < -0.3 is 14.9 Å². The van der Waals surface area contributed by atoms with Crippen molar-refractivity contribution in [3.05, 3.63) is 35.9 Å². The van der Waals surface area contributed by atoms with Gasteiger partial charge in [0.2, 0.25) is 0 Å². The Labute approximate surface area is 180 Å². The molecule has 30 heavy (non-hydrogen) atoms. The number of nitrogens with zero attached hydrogens (tertiary/aromatic N) is 4. The summed E-state index contributed by atoms with van der Waals surface area (Å²) < 4.78 is 0. The summed E-state index contributed by atoms with van der Waals surface area (Å²) in [5, 5.41) is 19.9. The zero-order valence-electron chi connectivity index (χ0n) is 18.3. The van der Waals surface area contributed by atoms with Gasteiger partial charge in [0.05, 0.1) is 30.2 Å². The van der Waals surface area contributed by atoms with E-state index in [1.54, 1.807) is 0 Å². The quantitative estimate of drug-likeness (QED) is 0.781. The van der Waals surface area contributed by atoms with Gasteiger partial charge in [0, 0.05) is 18.6 Å². The van der Waals surface area contributed by atoms with Crippen molar-refractivity contribution in [2.45, 2.75) is 68.0 Å². The molecule has 0 aromatic heterocycles.